The van der Waals surface area contributed by atoms with Gasteiger partial charge in [-0.1, -0.05) is 40.9 Å². The van der Waals surface area contributed by atoms with Gasteiger partial charge in [0, 0.05) is 10.0 Å². The molecule has 2 aromatic carbocycles. The van der Waals surface area contributed by atoms with Crippen molar-refractivity contribution in [2.45, 2.75) is 13.3 Å². The summed E-state index contributed by atoms with van der Waals surface area (Å²) in [6.07, 6.45) is 7.65. The van der Waals surface area contributed by atoms with Crippen molar-refractivity contribution in [1.82, 2.24) is 5.43 Å². The van der Waals surface area contributed by atoms with Crippen LogP contribution in [0.4, 0.5) is 0 Å². The van der Waals surface area contributed by atoms with Crippen LogP contribution >= 0.6 is 15.9 Å². The zero-order valence-corrected chi connectivity index (χ0v) is 16.0. The van der Waals surface area contributed by atoms with Crippen LogP contribution in [0.5, 0.6) is 11.5 Å². The van der Waals surface area contributed by atoms with Gasteiger partial charge in [0.15, 0.2) is 6.61 Å². The van der Waals surface area contributed by atoms with Crippen molar-refractivity contribution in [2.75, 3.05) is 13.2 Å². The molecule has 0 fully saturated rings. The van der Waals surface area contributed by atoms with Crippen LogP contribution in [0.15, 0.2) is 52.0 Å². The largest absolute Gasteiger partial charge is 0.484 e. The predicted octanol–water partition coefficient (Wildman–Crippen LogP) is 3.55. The van der Waals surface area contributed by atoms with E-state index in [1.807, 2.05) is 36.4 Å². The number of halogens is 1. The number of amides is 1. The minimum atomic E-state index is -0.359. The molecule has 0 aliphatic carbocycles. The van der Waals surface area contributed by atoms with E-state index in [0.29, 0.717) is 17.1 Å². The van der Waals surface area contributed by atoms with Crippen LogP contribution in [0.25, 0.3) is 0 Å². The summed E-state index contributed by atoms with van der Waals surface area (Å²) < 4.78 is 11.7. The molecule has 5 nitrogen and oxygen atoms in total. The van der Waals surface area contributed by atoms with Crippen LogP contribution in [0.3, 0.4) is 0 Å². The van der Waals surface area contributed by atoms with Gasteiger partial charge in [0.1, 0.15) is 18.1 Å². The summed E-state index contributed by atoms with van der Waals surface area (Å²) in [6.45, 7) is 2.11. The van der Waals surface area contributed by atoms with Gasteiger partial charge in [-0.05, 0) is 42.3 Å². The highest BCUT2D eigenvalue weighted by atomic mass is 79.9. The molecule has 134 valence electrons. The smallest absolute Gasteiger partial charge is 0.277 e. The second-order valence-corrected chi connectivity index (χ2v) is 6.17. The zero-order valence-electron chi connectivity index (χ0n) is 14.4. The van der Waals surface area contributed by atoms with Gasteiger partial charge < -0.3 is 9.47 Å². The molecule has 0 aliphatic heterocycles. The number of hydrazone groups is 1. The topological polar surface area (TPSA) is 59.9 Å². The van der Waals surface area contributed by atoms with Gasteiger partial charge in [0.05, 0.1) is 6.21 Å². The number of nitrogens with one attached hydrogen (secondary N) is 1. The van der Waals surface area contributed by atoms with E-state index in [2.05, 4.69) is 39.3 Å². The van der Waals surface area contributed by atoms with Crippen LogP contribution < -0.4 is 14.9 Å². The van der Waals surface area contributed by atoms with E-state index in [0.717, 1.165) is 10.9 Å². The Hall–Kier alpha value is -2.78. The normalized spacial score (nSPS) is 10.3. The second-order valence-electron chi connectivity index (χ2n) is 5.25. The van der Waals surface area contributed by atoms with E-state index in [1.165, 1.54) is 11.8 Å². The van der Waals surface area contributed by atoms with Crippen molar-refractivity contribution in [3.63, 3.8) is 0 Å². The Bertz CT molecular complexity index is 811. The van der Waals surface area contributed by atoms with Crippen molar-refractivity contribution in [3.05, 3.63) is 58.1 Å². The third-order valence-electron chi connectivity index (χ3n) is 3.38. The molecular formula is C20H19BrN2O3. The Morgan fingerprint density at radius 3 is 2.73 bits per heavy atom. The number of aryl methyl sites for hydroxylation is 1. The summed E-state index contributed by atoms with van der Waals surface area (Å²) in [5.74, 6) is 3.27. The van der Waals surface area contributed by atoms with E-state index in [-0.39, 0.29) is 19.1 Å². The highest BCUT2D eigenvalue weighted by molar-refractivity contribution is 9.10. The minimum absolute atomic E-state index is 0.123. The molecule has 2 rings (SSSR count). The van der Waals surface area contributed by atoms with Gasteiger partial charge in [-0.25, -0.2) is 5.43 Å². The van der Waals surface area contributed by atoms with Gasteiger partial charge in [-0.2, -0.15) is 5.10 Å². The Balaban J connectivity index is 1.88. The molecule has 0 atom stereocenters. The lowest BCUT2D eigenvalue weighted by Gasteiger charge is -2.07. The van der Waals surface area contributed by atoms with Gasteiger partial charge >= 0.3 is 0 Å². The number of nitrogens with zero attached hydrogens (tertiary/aromatic N) is 1. The average Bonchev–Trinajstić information content (AvgIpc) is 2.66. The molecule has 2 aromatic rings. The number of rotatable bonds is 8. The standard InChI is InChI=1S/C20H19BrN2O3/c1-3-11-25-19-10-7-17(21)12-16(19)13-22-23-20(24)14-26-18-8-5-15(4-2)6-9-18/h1,5-10,12-13H,4,11,14H2,2H3,(H,23,24)/b22-13+. The molecule has 0 aromatic heterocycles. The SMILES string of the molecule is C#CCOc1ccc(Br)cc1/C=N/NC(=O)COc1ccc(CC)cc1. The molecule has 1 amide bonds. The third-order valence-corrected chi connectivity index (χ3v) is 3.87. The molecular weight excluding hydrogens is 396 g/mol. The average molecular weight is 415 g/mol. The predicted molar refractivity (Wildman–Crippen MR) is 106 cm³/mol. The van der Waals surface area contributed by atoms with Gasteiger partial charge in [-0.3, -0.25) is 4.79 Å². The fourth-order valence-electron chi connectivity index (χ4n) is 2.05. The molecule has 0 saturated carbocycles. The van der Waals surface area contributed by atoms with Gasteiger partial charge in [0.2, 0.25) is 0 Å². The number of hydrogen-bond donors (Lipinski definition) is 1. The van der Waals surface area contributed by atoms with Crippen molar-refractivity contribution >= 4 is 28.1 Å². The summed E-state index contributed by atoms with van der Waals surface area (Å²) >= 11 is 3.38. The van der Waals surface area contributed by atoms with Crippen LogP contribution in [0.2, 0.25) is 0 Å². The van der Waals surface area contributed by atoms with Crippen molar-refractivity contribution < 1.29 is 14.3 Å². The van der Waals surface area contributed by atoms with Crippen molar-refractivity contribution in [2.24, 2.45) is 5.10 Å². The lowest BCUT2D eigenvalue weighted by atomic mass is 10.2. The summed E-state index contributed by atoms with van der Waals surface area (Å²) in [6, 6.07) is 13.0. The monoisotopic (exact) mass is 414 g/mol. The highest BCUT2D eigenvalue weighted by Gasteiger charge is 2.04. The molecule has 0 heterocycles. The molecule has 26 heavy (non-hydrogen) atoms. The lowest BCUT2D eigenvalue weighted by molar-refractivity contribution is -0.123. The molecule has 0 aliphatic rings. The van der Waals surface area contributed by atoms with Gasteiger partial charge in [-0.15, -0.1) is 6.42 Å². The lowest BCUT2D eigenvalue weighted by Crippen LogP contribution is -2.24. The first-order chi connectivity index (χ1) is 12.6. The van der Waals surface area contributed by atoms with Crippen LogP contribution in [-0.4, -0.2) is 25.3 Å². The van der Waals surface area contributed by atoms with Crippen LogP contribution in [0, 0.1) is 12.3 Å². The number of carbonyl (C=O) groups is 1. The molecule has 0 unspecified atom stereocenters. The van der Waals surface area contributed by atoms with E-state index >= 15 is 0 Å². The van der Waals surface area contributed by atoms with Crippen molar-refractivity contribution in [3.8, 4) is 23.8 Å². The molecule has 1 N–H and O–H groups in total. The maximum atomic E-state index is 11.8. The first-order valence-electron chi connectivity index (χ1n) is 8.02. The maximum absolute atomic E-state index is 11.8. The van der Waals surface area contributed by atoms with Crippen LogP contribution in [-0.2, 0) is 11.2 Å². The van der Waals surface area contributed by atoms with Gasteiger partial charge in [0.25, 0.3) is 5.91 Å². The number of ether oxygens (including phenoxy) is 2. The fraction of sp³-hybridized carbons (Fsp3) is 0.200. The number of carbonyl (C=O) groups excluding carboxylic acids is 1. The molecule has 0 bridgehead atoms. The zero-order chi connectivity index (χ0) is 18.8. The first kappa shape index (κ1) is 19.5. The highest BCUT2D eigenvalue weighted by Crippen LogP contribution is 2.21. The second kappa shape index (κ2) is 10.3. The van der Waals surface area contributed by atoms with E-state index < -0.39 is 0 Å². The minimum Gasteiger partial charge on any atom is -0.484 e. The third kappa shape index (κ3) is 6.26. The fourth-order valence-corrected chi connectivity index (χ4v) is 2.43. The summed E-state index contributed by atoms with van der Waals surface area (Å²) in [7, 11) is 0. The number of benzene rings is 2. The van der Waals surface area contributed by atoms with E-state index in [1.54, 1.807) is 6.07 Å². The Labute approximate surface area is 161 Å². The first-order valence-corrected chi connectivity index (χ1v) is 8.81. The molecule has 0 radical (unpaired) electrons. The molecule has 0 spiro atoms. The van der Waals surface area contributed by atoms with Crippen molar-refractivity contribution in [1.29, 1.82) is 0 Å². The Morgan fingerprint density at radius 1 is 1.27 bits per heavy atom. The Kier molecular flexibility index (Phi) is 7.72. The molecule has 6 heteroatoms. The Morgan fingerprint density at radius 2 is 2.04 bits per heavy atom. The summed E-state index contributed by atoms with van der Waals surface area (Å²) in [5.41, 5.74) is 4.32. The summed E-state index contributed by atoms with van der Waals surface area (Å²) in [5, 5.41) is 3.93. The maximum Gasteiger partial charge on any atom is 0.277 e. The number of hydrogen-bond acceptors (Lipinski definition) is 4. The van der Waals surface area contributed by atoms with E-state index in [4.69, 9.17) is 15.9 Å². The molecule has 0 saturated heterocycles. The summed E-state index contributed by atoms with van der Waals surface area (Å²) in [4.78, 5) is 11.8. The quantitative estimate of drug-likeness (QED) is 0.408. The number of terminal acetylenes is 1. The van der Waals surface area contributed by atoms with Crippen LogP contribution in [0.1, 0.15) is 18.1 Å². The van der Waals surface area contributed by atoms with E-state index in [9.17, 15) is 4.79 Å².